The first-order chi connectivity index (χ1) is 13.7. The van der Waals surface area contributed by atoms with Crippen LogP contribution in [0.1, 0.15) is 0 Å². The highest BCUT2D eigenvalue weighted by Crippen LogP contribution is 2.32. The average molecular weight is 373 g/mol. The molecule has 0 aliphatic rings. The van der Waals surface area contributed by atoms with Crippen molar-refractivity contribution in [2.24, 2.45) is 0 Å². The molecule has 0 bridgehead atoms. The number of aromatic hydroxyl groups is 2. The molecule has 1 aromatic heterocycles. The number of phenolic OH excluding ortho intramolecular Hbond substituents is 2. The van der Waals surface area contributed by atoms with Crippen LogP contribution in [0, 0.1) is 0 Å². The van der Waals surface area contributed by atoms with Crippen LogP contribution in [-0.2, 0) is 0 Å². The predicted octanol–water partition coefficient (Wildman–Crippen LogP) is 4.53. The molecule has 0 aliphatic heterocycles. The molecule has 2 N–H and O–H groups in total. The van der Waals surface area contributed by atoms with E-state index in [4.69, 9.17) is 9.47 Å². The van der Waals surface area contributed by atoms with E-state index in [0.29, 0.717) is 17.1 Å². The van der Waals surface area contributed by atoms with E-state index in [-0.39, 0.29) is 29.3 Å². The summed E-state index contributed by atoms with van der Waals surface area (Å²) in [6.07, 6.45) is 0. The van der Waals surface area contributed by atoms with E-state index in [2.05, 4.69) is 15.0 Å². The molecule has 0 atom stereocenters. The molecular weight excluding hydrogens is 358 g/mol. The third-order valence-corrected chi connectivity index (χ3v) is 3.72. The first kappa shape index (κ1) is 17.3. The van der Waals surface area contributed by atoms with Crippen molar-refractivity contribution in [3.63, 3.8) is 0 Å². The zero-order chi connectivity index (χ0) is 19.3. The molecule has 7 heteroatoms. The van der Waals surface area contributed by atoms with E-state index in [1.165, 1.54) is 18.2 Å². The monoisotopic (exact) mass is 373 g/mol. The Balaban J connectivity index is 1.76. The second kappa shape index (κ2) is 7.63. The van der Waals surface area contributed by atoms with Crippen molar-refractivity contribution >= 4 is 0 Å². The summed E-state index contributed by atoms with van der Waals surface area (Å²) in [6, 6.07) is 22.2. The van der Waals surface area contributed by atoms with E-state index in [1.807, 2.05) is 36.4 Å². The lowest BCUT2D eigenvalue weighted by Gasteiger charge is -2.10. The van der Waals surface area contributed by atoms with Crippen LogP contribution < -0.4 is 9.47 Å². The Morgan fingerprint density at radius 2 is 1.14 bits per heavy atom. The second-order valence-electron chi connectivity index (χ2n) is 5.76. The van der Waals surface area contributed by atoms with Gasteiger partial charge in [-0.05, 0) is 36.4 Å². The van der Waals surface area contributed by atoms with Crippen LogP contribution in [0.15, 0.2) is 78.9 Å². The van der Waals surface area contributed by atoms with Gasteiger partial charge in [0.05, 0.1) is 5.56 Å². The highest BCUT2D eigenvalue weighted by molar-refractivity contribution is 5.65. The number of rotatable bonds is 5. The van der Waals surface area contributed by atoms with Gasteiger partial charge in [0.15, 0.2) is 5.82 Å². The van der Waals surface area contributed by atoms with Crippen molar-refractivity contribution < 1.29 is 19.7 Å². The largest absolute Gasteiger partial charge is 0.508 e. The molecular formula is C21H15N3O4. The lowest BCUT2D eigenvalue weighted by atomic mass is 10.2. The van der Waals surface area contributed by atoms with Crippen molar-refractivity contribution in [2.45, 2.75) is 0 Å². The fraction of sp³-hybridized carbons (Fsp3) is 0. The summed E-state index contributed by atoms with van der Waals surface area (Å²) in [4.78, 5) is 12.7. The van der Waals surface area contributed by atoms with Crippen LogP contribution in [0.5, 0.6) is 35.0 Å². The van der Waals surface area contributed by atoms with Crippen LogP contribution in [0.2, 0.25) is 0 Å². The van der Waals surface area contributed by atoms with Gasteiger partial charge >= 0.3 is 12.0 Å². The number of hydrogen-bond acceptors (Lipinski definition) is 7. The average Bonchev–Trinajstić information content (AvgIpc) is 2.69. The Morgan fingerprint density at radius 1 is 0.607 bits per heavy atom. The minimum atomic E-state index is -0.178. The zero-order valence-corrected chi connectivity index (χ0v) is 14.6. The standard InChI is InChI=1S/C21H15N3O4/c25-14-11-12-17(18(26)13-14)19-22-20(27-15-7-3-1-4-8-15)24-21(23-19)28-16-9-5-2-6-10-16/h1-13,25-26H. The first-order valence-electron chi connectivity index (χ1n) is 8.41. The number of hydrogen-bond donors (Lipinski definition) is 2. The number of ether oxygens (including phenoxy) is 2. The predicted molar refractivity (Wildman–Crippen MR) is 102 cm³/mol. The maximum absolute atomic E-state index is 10.2. The lowest BCUT2D eigenvalue weighted by molar-refractivity contribution is 0.398. The van der Waals surface area contributed by atoms with Crippen molar-refractivity contribution in [3.05, 3.63) is 78.9 Å². The molecule has 138 valence electrons. The number of para-hydroxylation sites is 2. The number of nitrogens with zero attached hydrogens (tertiary/aromatic N) is 3. The Bertz CT molecular complexity index is 1030. The number of aromatic nitrogens is 3. The fourth-order valence-electron chi connectivity index (χ4n) is 2.45. The zero-order valence-electron chi connectivity index (χ0n) is 14.6. The Hall–Kier alpha value is -4.13. The van der Waals surface area contributed by atoms with Gasteiger partial charge in [-0.3, -0.25) is 0 Å². The van der Waals surface area contributed by atoms with Crippen LogP contribution in [0.3, 0.4) is 0 Å². The van der Waals surface area contributed by atoms with Gasteiger partial charge in [-0.2, -0.15) is 9.97 Å². The van der Waals surface area contributed by atoms with Gasteiger partial charge in [-0.25, -0.2) is 0 Å². The molecule has 0 amide bonds. The van der Waals surface area contributed by atoms with E-state index in [9.17, 15) is 10.2 Å². The highest BCUT2D eigenvalue weighted by Gasteiger charge is 2.15. The summed E-state index contributed by atoms with van der Waals surface area (Å²) in [5.41, 5.74) is 0.302. The summed E-state index contributed by atoms with van der Waals surface area (Å²) in [6.45, 7) is 0. The minimum Gasteiger partial charge on any atom is -0.508 e. The number of benzene rings is 3. The van der Waals surface area contributed by atoms with Crippen LogP contribution in [0.4, 0.5) is 0 Å². The van der Waals surface area contributed by atoms with Crippen LogP contribution in [0.25, 0.3) is 11.4 Å². The van der Waals surface area contributed by atoms with E-state index < -0.39 is 0 Å². The summed E-state index contributed by atoms with van der Waals surface area (Å²) in [5, 5.41) is 19.7. The van der Waals surface area contributed by atoms with Crippen molar-refractivity contribution in [3.8, 4) is 46.4 Å². The van der Waals surface area contributed by atoms with E-state index in [1.54, 1.807) is 24.3 Å². The summed E-state index contributed by atoms with van der Waals surface area (Å²) in [7, 11) is 0. The molecule has 28 heavy (non-hydrogen) atoms. The fourth-order valence-corrected chi connectivity index (χ4v) is 2.45. The molecule has 0 unspecified atom stereocenters. The van der Waals surface area contributed by atoms with Gasteiger partial charge < -0.3 is 19.7 Å². The topological polar surface area (TPSA) is 97.6 Å². The van der Waals surface area contributed by atoms with Crippen molar-refractivity contribution in [1.29, 1.82) is 0 Å². The molecule has 0 aliphatic carbocycles. The molecule has 0 fully saturated rings. The third-order valence-electron chi connectivity index (χ3n) is 3.72. The highest BCUT2D eigenvalue weighted by atomic mass is 16.5. The molecule has 0 saturated heterocycles. The maximum Gasteiger partial charge on any atom is 0.328 e. The smallest absolute Gasteiger partial charge is 0.328 e. The van der Waals surface area contributed by atoms with Gasteiger partial charge in [0.2, 0.25) is 0 Å². The van der Waals surface area contributed by atoms with E-state index >= 15 is 0 Å². The van der Waals surface area contributed by atoms with Gasteiger partial charge in [-0.1, -0.05) is 36.4 Å². The van der Waals surface area contributed by atoms with Crippen molar-refractivity contribution in [1.82, 2.24) is 15.0 Å². The minimum absolute atomic E-state index is 0.00889. The number of phenols is 2. The molecule has 1 heterocycles. The summed E-state index contributed by atoms with van der Waals surface area (Å²) >= 11 is 0. The third kappa shape index (κ3) is 3.99. The van der Waals surface area contributed by atoms with Gasteiger partial charge in [0.1, 0.15) is 23.0 Å². The SMILES string of the molecule is Oc1ccc(-c2nc(Oc3ccccc3)nc(Oc3ccccc3)n2)c(O)c1. The molecule has 0 radical (unpaired) electrons. The Kier molecular flexibility index (Phi) is 4.71. The van der Waals surface area contributed by atoms with Gasteiger partial charge in [-0.15, -0.1) is 4.98 Å². The molecule has 0 spiro atoms. The Morgan fingerprint density at radius 3 is 1.64 bits per heavy atom. The summed E-state index contributed by atoms with van der Waals surface area (Å²) < 4.78 is 11.4. The lowest BCUT2D eigenvalue weighted by Crippen LogP contribution is -2.01. The van der Waals surface area contributed by atoms with Gasteiger partial charge in [0.25, 0.3) is 0 Å². The van der Waals surface area contributed by atoms with E-state index in [0.717, 1.165) is 0 Å². The first-order valence-corrected chi connectivity index (χ1v) is 8.41. The van der Waals surface area contributed by atoms with Crippen LogP contribution in [-0.4, -0.2) is 25.2 Å². The quantitative estimate of drug-likeness (QED) is 0.530. The normalized spacial score (nSPS) is 10.4. The second-order valence-corrected chi connectivity index (χ2v) is 5.76. The van der Waals surface area contributed by atoms with Crippen LogP contribution >= 0.6 is 0 Å². The summed E-state index contributed by atoms with van der Waals surface area (Å²) in [5.74, 6) is 0.976. The maximum atomic E-state index is 10.2. The van der Waals surface area contributed by atoms with Gasteiger partial charge in [0, 0.05) is 6.07 Å². The van der Waals surface area contributed by atoms with Crippen molar-refractivity contribution in [2.75, 3.05) is 0 Å². The molecule has 7 nitrogen and oxygen atoms in total. The Labute approximate surface area is 160 Å². The molecule has 0 saturated carbocycles. The molecule has 4 rings (SSSR count). The molecule has 3 aromatic carbocycles. The molecule has 4 aromatic rings.